The highest BCUT2D eigenvalue weighted by molar-refractivity contribution is 6.20. The molecule has 3 heterocycles. The van der Waals surface area contributed by atoms with E-state index in [1.807, 2.05) is 12.1 Å². The van der Waals surface area contributed by atoms with Gasteiger partial charge in [-0.25, -0.2) is 4.79 Å². The fraction of sp³-hybridized carbons (Fsp3) is 0.244. The van der Waals surface area contributed by atoms with Crippen LogP contribution in [-0.4, -0.2) is 57.4 Å². The van der Waals surface area contributed by atoms with Gasteiger partial charge in [-0.1, -0.05) is 109 Å². The van der Waals surface area contributed by atoms with Gasteiger partial charge < -0.3 is 50.4 Å². The molecular weight excluding hydrogens is 789 g/mol. The van der Waals surface area contributed by atoms with Crippen molar-refractivity contribution < 1.29 is 57.9 Å². The second kappa shape index (κ2) is 17.7. The van der Waals surface area contributed by atoms with E-state index < -0.39 is 70.4 Å². The number of rotatable bonds is 12. The second-order valence-electron chi connectivity index (χ2n) is 14.8. The lowest BCUT2D eigenvalue weighted by Gasteiger charge is -2.46. The lowest BCUT2D eigenvalue weighted by Crippen LogP contribution is -2.62. The smallest absolute Gasteiger partial charge is 0.348 e. The molecule has 3 aliphatic heterocycles. The third-order valence-corrected chi connectivity index (χ3v) is 10.2. The Labute approximate surface area is 350 Å². The van der Waals surface area contributed by atoms with Crippen molar-refractivity contribution in [3.8, 4) is 0 Å². The molecule has 1 saturated carbocycles. The van der Waals surface area contributed by atoms with Crippen LogP contribution in [0.3, 0.4) is 0 Å². The zero-order valence-electron chi connectivity index (χ0n) is 33.2. The maximum atomic E-state index is 13.0. The maximum absolute atomic E-state index is 13.0. The molecule has 16 nitrogen and oxygen atoms in total. The number of nitrogens with one attached hydrogen (secondary N) is 4. The van der Waals surface area contributed by atoms with Gasteiger partial charge in [-0.3, -0.25) is 24.0 Å². The number of carbonyl (C=O) groups is 6. The molecule has 3 fully saturated rings. The normalized spacial score (nSPS) is 26.6. The molecule has 1 aliphatic carbocycles. The Bertz CT molecular complexity index is 2280. The van der Waals surface area contributed by atoms with Crippen molar-refractivity contribution in [3.63, 3.8) is 0 Å². The molecular formula is C45H44N4O12. The Morgan fingerprint density at radius 3 is 1.92 bits per heavy atom. The second-order valence-corrected chi connectivity index (χ2v) is 14.8. The topological polar surface area (TPSA) is 228 Å². The number of hydrogen-bond acceptors (Lipinski definition) is 13. The SMILES string of the molecule is C=C(O)NC(C)(NC(=O)\C=C/C=C/C=C/C1C(=O)OC2(CCC3(CC2)OC(=O)C(C=CC=CC=C2C(=O)NC(C)(c4ccccc4)NC2=O)=C(O)O3)OC1=O)c1ccccc1. The molecule has 2 spiro atoms. The van der Waals surface area contributed by atoms with Gasteiger partial charge in [0.1, 0.15) is 22.5 Å². The molecule has 0 radical (unpaired) electrons. The summed E-state index contributed by atoms with van der Waals surface area (Å²) in [4.78, 5) is 77.1. The summed E-state index contributed by atoms with van der Waals surface area (Å²) in [5.74, 6) is -9.84. The van der Waals surface area contributed by atoms with Gasteiger partial charge in [-0.2, -0.15) is 0 Å². The summed E-state index contributed by atoms with van der Waals surface area (Å²) in [5, 5.41) is 31.5. The summed E-state index contributed by atoms with van der Waals surface area (Å²) in [5.41, 5.74) is -1.29. The van der Waals surface area contributed by atoms with Gasteiger partial charge in [-0.05, 0) is 43.7 Å². The third-order valence-electron chi connectivity index (χ3n) is 10.2. The molecule has 6 rings (SSSR count). The number of aliphatic hydroxyl groups excluding tert-OH is 2. The predicted molar refractivity (Wildman–Crippen MR) is 217 cm³/mol. The van der Waals surface area contributed by atoms with Crippen molar-refractivity contribution in [2.75, 3.05) is 0 Å². The van der Waals surface area contributed by atoms with Gasteiger partial charge in [0.25, 0.3) is 29.3 Å². The molecule has 2 saturated heterocycles. The van der Waals surface area contributed by atoms with E-state index in [1.165, 1.54) is 66.8 Å². The van der Waals surface area contributed by atoms with Crippen molar-refractivity contribution in [1.29, 1.82) is 0 Å². The van der Waals surface area contributed by atoms with Gasteiger partial charge in [0.15, 0.2) is 11.8 Å². The summed E-state index contributed by atoms with van der Waals surface area (Å²) in [6.07, 6.45) is 14.8. The monoisotopic (exact) mass is 832 g/mol. The van der Waals surface area contributed by atoms with E-state index >= 15 is 0 Å². The van der Waals surface area contributed by atoms with E-state index in [2.05, 4.69) is 27.8 Å². The van der Waals surface area contributed by atoms with E-state index in [9.17, 15) is 39.0 Å². The van der Waals surface area contributed by atoms with Crippen LogP contribution in [0.1, 0.15) is 50.7 Å². The summed E-state index contributed by atoms with van der Waals surface area (Å²) in [6.45, 7) is 6.78. The van der Waals surface area contributed by atoms with E-state index in [4.69, 9.17) is 18.9 Å². The van der Waals surface area contributed by atoms with Crippen LogP contribution in [-0.2, 0) is 59.0 Å². The first kappa shape index (κ1) is 43.0. The third kappa shape index (κ3) is 9.99. The summed E-state index contributed by atoms with van der Waals surface area (Å²) in [7, 11) is 0. The first-order valence-corrected chi connectivity index (χ1v) is 19.2. The van der Waals surface area contributed by atoms with Crippen LogP contribution in [0.15, 0.2) is 157 Å². The Morgan fingerprint density at radius 1 is 0.770 bits per heavy atom. The Hall–Kier alpha value is -7.62. The van der Waals surface area contributed by atoms with E-state index in [-0.39, 0.29) is 42.7 Å². The average molecular weight is 833 g/mol. The Morgan fingerprint density at radius 2 is 1.33 bits per heavy atom. The zero-order chi connectivity index (χ0) is 43.8. The van der Waals surface area contributed by atoms with Crippen LogP contribution >= 0.6 is 0 Å². The number of aliphatic hydroxyl groups is 2. The maximum Gasteiger partial charge on any atom is 0.348 e. The van der Waals surface area contributed by atoms with Crippen molar-refractivity contribution in [1.82, 2.24) is 21.3 Å². The van der Waals surface area contributed by atoms with Gasteiger partial charge in [0.05, 0.1) is 0 Å². The summed E-state index contributed by atoms with van der Waals surface area (Å²) < 4.78 is 22.4. The highest BCUT2D eigenvalue weighted by Crippen LogP contribution is 2.46. The Balaban J connectivity index is 0.978. The molecule has 2 aromatic rings. The van der Waals surface area contributed by atoms with Crippen LogP contribution < -0.4 is 21.3 Å². The average Bonchev–Trinajstić information content (AvgIpc) is 3.20. The Kier molecular flexibility index (Phi) is 12.5. The standard InChI is InChI=1S/C45H44N4O12/c1-29(50)46-42(2,30-17-9-6-10-18-30)47-35(51)24-16-5-4-13-22-33-38(54)58-44(59-39(33)55)25-27-45(28-26-44)60-40(56)34(41(57)61-45)23-15-8-14-21-32-36(52)48-43(3,49-37(32)53)31-19-11-7-12-20-31/h4-24,33,46,50,56H,1,25-28H2,2-3H3,(H,47,51)(H,48,52)(H,49,53)/b5-4+,14-8?,22-13+,23-15?,24-16-,32-21?. The van der Waals surface area contributed by atoms with Crippen LogP contribution in [0, 0.1) is 5.92 Å². The number of benzene rings is 2. The fourth-order valence-corrected chi connectivity index (χ4v) is 7.02. The zero-order valence-corrected chi connectivity index (χ0v) is 33.2. The molecule has 3 amide bonds. The number of amides is 3. The summed E-state index contributed by atoms with van der Waals surface area (Å²) >= 11 is 0. The van der Waals surface area contributed by atoms with Crippen molar-refractivity contribution >= 4 is 35.6 Å². The number of hydrogen-bond donors (Lipinski definition) is 6. The minimum absolute atomic E-state index is 0.0836. The minimum Gasteiger partial charge on any atom is -0.495 e. The highest BCUT2D eigenvalue weighted by Gasteiger charge is 2.56. The van der Waals surface area contributed by atoms with Crippen LogP contribution in [0.4, 0.5) is 0 Å². The molecule has 6 N–H and O–H groups in total. The van der Waals surface area contributed by atoms with E-state index in [0.717, 1.165) is 0 Å². The first-order valence-electron chi connectivity index (χ1n) is 19.2. The van der Waals surface area contributed by atoms with Gasteiger partial charge in [0, 0.05) is 31.8 Å². The van der Waals surface area contributed by atoms with Crippen molar-refractivity contribution in [2.24, 2.45) is 5.92 Å². The molecule has 0 aromatic heterocycles. The molecule has 316 valence electrons. The minimum atomic E-state index is -1.62. The number of allylic oxidation sites excluding steroid dienone is 8. The van der Waals surface area contributed by atoms with Gasteiger partial charge in [-0.15, -0.1) is 0 Å². The van der Waals surface area contributed by atoms with Gasteiger partial charge in [0.2, 0.25) is 5.91 Å². The first-order chi connectivity index (χ1) is 29.0. The lowest BCUT2D eigenvalue weighted by atomic mass is 9.87. The molecule has 2 aromatic carbocycles. The molecule has 16 heteroatoms. The summed E-state index contributed by atoms with van der Waals surface area (Å²) in [6, 6.07) is 17.9. The van der Waals surface area contributed by atoms with Gasteiger partial charge >= 0.3 is 17.9 Å². The molecule has 61 heavy (non-hydrogen) atoms. The largest absolute Gasteiger partial charge is 0.495 e. The lowest BCUT2D eigenvalue weighted by molar-refractivity contribution is -0.302. The van der Waals surface area contributed by atoms with Crippen LogP contribution in [0.5, 0.6) is 0 Å². The predicted octanol–water partition coefficient (Wildman–Crippen LogP) is 4.45. The number of esters is 3. The fourth-order valence-electron chi connectivity index (χ4n) is 7.02. The van der Waals surface area contributed by atoms with Crippen molar-refractivity contribution in [2.45, 2.75) is 62.4 Å². The van der Waals surface area contributed by atoms with Crippen LogP contribution in [0.25, 0.3) is 0 Å². The molecule has 4 aliphatic rings. The number of carbonyl (C=O) groups excluding carboxylic acids is 6. The van der Waals surface area contributed by atoms with Crippen LogP contribution in [0.2, 0.25) is 0 Å². The molecule has 0 bridgehead atoms. The number of ether oxygens (including phenoxy) is 4. The highest BCUT2D eigenvalue weighted by atomic mass is 16.8. The van der Waals surface area contributed by atoms with E-state index in [1.54, 1.807) is 62.4 Å². The quantitative estimate of drug-likeness (QED) is 0.0331. The van der Waals surface area contributed by atoms with Crippen molar-refractivity contribution in [3.05, 3.63) is 168 Å². The van der Waals surface area contributed by atoms with E-state index in [0.29, 0.717) is 11.1 Å². The molecule has 1 atom stereocenters. The molecule has 1 unspecified atom stereocenters.